The molecule has 4 heteroatoms. The number of aromatic nitrogens is 2. The van der Waals surface area contributed by atoms with Crippen molar-refractivity contribution < 1.29 is 0 Å². The molecule has 0 amide bonds. The molecule has 4 aromatic carbocycles. The fourth-order valence-corrected chi connectivity index (χ4v) is 6.11. The van der Waals surface area contributed by atoms with Gasteiger partial charge in [0.1, 0.15) is 17.3 Å². The number of hydrogen-bond donors (Lipinski definition) is 0. The van der Waals surface area contributed by atoms with Crippen LogP contribution in [0.3, 0.4) is 0 Å². The predicted molar refractivity (Wildman–Crippen MR) is 167 cm³/mol. The van der Waals surface area contributed by atoms with Crippen LogP contribution in [-0.4, -0.2) is 9.97 Å². The maximum atomic E-state index is 10.1. The van der Waals surface area contributed by atoms with Crippen molar-refractivity contribution in [1.29, 1.82) is 5.26 Å². The number of rotatable bonds is 6. The first-order chi connectivity index (χ1) is 19.7. The van der Waals surface area contributed by atoms with Gasteiger partial charge in [0.15, 0.2) is 5.82 Å². The first-order valence-electron chi connectivity index (χ1n) is 13.2. The van der Waals surface area contributed by atoms with Crippen molar-refractivity contribution in [1.82, 2.24) is 9.97 Å². The van der Waals surface area contributed by atoms with E-state index in [0.29, 0.717) is 28.3 Å². The minimum absolute atomic E-state index is 0.436. The molecule has 0 aliphatic carbocycles. The number of fused-ring (bicyclic) bond motifs is 3. The molecule has 0 N–H and O–H groups in total. The van der Waals surface area contributed by atoms with E-state index in [0.717, 1.165) is 23.1 Å². The quantitative estimate of drug-likeness (QED) is 0.201. The average Bonchev–Trinajstić information content (AvgIpc) is 3.40. The van der Waals surface area contributed by atoms with Crippen molar-refractivity contribution in [3.8, 4) is 39.8 Å². The zero-order valence-corrected chi connectivity index (χ0v) is 23.1. The molecule has 0 saturated carbocycles. The van der Waals surface area contributed by atoms with Crippen LogP contribution in [0.15, 0.2) is 103 Å². The van der Waals surface area contributed by atoms with Gasteiger partial charge in [0.2, 0.25) is 0 Å². The Morgan fingerprint density at radius 1 is 0.925 bits per heavy atom. The molecule has 2 aromatic heterocycles. The summed E-state index contributed by atoms with van der Waals surface area (Å²) >= 11 is 1.83. The molecule has 0 fully saturated rings. The van der Waals surface area contributed by atoms with Crippen molar-refractivity contribution in [2.75, 3.05) is 0 Å². The van der Waals surface area contributed by atoms with Crippen LogP contribution < -0.4 is 0 Å². The average molecular weight is 532 g/mol. The van der Waals surface area contributed by atoms with E-state index in [4.69, 9.17) is 9.97 Å². The van der Waals surface area contributed by atoms with E-state index in [1.54, 1.807) is 6.07 Å². The van der Waals surface area contributed by atoms with E-state index < -0.39 is 0 Å². The van der Waals surface area contributed by atoms with Crippen molar-refractivity contribution in [2.45, 2.75) is 20.3 Å². The number of benzene rings is 3. The summed E-state index contributed by atoms with van der Waals surface area (Å²) in [6.45, 7) is 4.07. The molecule has 190 valence electrons. The molecule has 6 rings (SSSR count). The zero-order valence-electron chi connectivity index (χ0n) is 22.3. The van der Waals surface area contributed by atoms with Gasteiger partial charge in [-0.15, -0.1) is 11.3 Å². The van der Waals surface area contributed by atoms with Crippen LogP contribution in [-0.2, 0) is 0 Å². The summed E-state index contributed by atoms with van der Waals surface area (Å²) in [6, 6.07) is 37.5. The van der Waals surface area contributed by atoms with Gasteiger partial charge in [-0.2, -0.15) is 5.26 Å². The van der Waals surface area contributed by atoms with Gasteiger partial charge in [0.05, 0.1) is 11.3 Å². The molecule has 0 radical (unpaired) electrons. The highest BCUT2D eigenvalue weighted by atomic mass is 32.1. The number of allylic oxidation sites excluding steroid dienone is 4. The minimum atomic E-state index is 0.436. The molecular weight excluding hydrogens is 506 g/mol. The van der Waals surface area contributed by atoms with Gasteiger partial charge in [-0.3, -0.25) is 0 Å². The fourth-order valence-electron chi connectivity index (χ4n) is 4.87. The Morgan fingerprint density at radius 3 is 2.50 bits per heavy atom. The Bertz CT molecular complexity index is 1940. The smallest absolute Gasteiger partial charge is 0.160 e. The maximum absolute atomic E-state index is 10.1. The largest absolute Gasteiger partial charge is 0.227 e. The van der Waals surface area contributed by atoms with E-state index in [1.165, 1.54) is 25.7 Å². The van der Waals surface area contributed by atoms with Crippen molar-refractivity contribution >= 4 is 37.1 Å². The van der Waals surface area contributed by atoms with Gasteiger partial charge in [-0.1, -0.05) is 104 Å². The second-order valence-electron chi connectivity index (χ2n) is 9.48. The molecule has 3 nitrogen and oxygen atoms in total. The second-order valence-corrected chi connectivity index (χ2v) is 10.5. The van der Waals surface area contributed by atoms with Crippen molar-refractivity contribution in [3.63, 3.8) is 0 Å². The first kappa shape index (κ1) is 25.3. The molecule has 0 spiro atoms. The summed E-state index contributed by atoms with van der Waals surface area (Å²) < 4.78 is 2.58. The molecule has 0 aliphatic rings. The summed E-state index contributed by atoms with van der Waals surface area (Å²) in [5.41, 5.74) is 6.48. The molecule has 2 heterocycles. The Labute approximate surface area is 238 Å². The van der Waals surface area contributed by atoms with Gasteiger partial charge in [-0.25, -0.2) is 9.97 Å². The lowest BCUT2D eigenvalue weighted by Crippen LogP contribution is -2.02. The Hall–Kier alpha value is -5.03. The molecular formula is C36H25N3S. The second kappa shape index (κ2) is 11.0. The molecule has 6 aromatic rings. The van der Waals surface area contributed by atoms with Crippen LogP contribution in [0.4, 0.5) is 0 Å². The molecule has 0 saturated heterocycles. The molecule has 40 heavy (non-hydrogen) atoms. The Morgan fingerprint density at radius 2 is 1.73 bits per heavy atom. The highest BCUT2D eigenvalue weighted by Gasteiger charge is 2.18. The van der Waals surface area contributed by atoms with Crippen LogP contribution in [0.1, 0.15) is 31.5 Å². The highest BCUT2D eigenvalue weighted by molar-refractivity contribution is 7.26. The predicted octanol–water partition coefficient (Wildman–Crippen LogP) is 9.69. The lowest BCUT2D eigenvalue weighted by Gasteiger charge is -2.12. The van der Waals surface area contributed by atoms with Gasteiger partial charge < -0.3 is 0 Å². The van der Waals surface area contributed by atoms with Gasteiger partial charge >= 0.3 is 0 Å². The van der Waals surface area contributed by atoms with E-state index in [1.807, 2.05) is 42.5 Å². The normalized spacial score (nSPS) is 11.7. The first-order valence-corrected chi connectivity index (χ1v) is 14.1. The number of nitriles is 1. The third-order valence-corrected chi connectivity index (χ3v) is 8.10. The third kappa shape index (κ3) is 4.67. The monoisotopic (exact) mass is 531 g/mol. The summed E-state index contributed by atoms with van der Waals surface area (Å²) in [7, 11) is 0. The standard InChI is InChI=1S/C36H25N3S/c1-3-4-6-12-24(2)33-31(23-37)34(26-13-7-5-8-14-26)39-36(38-33)27-21-19-25(20-22-27)28-16-11-17-30-29-15-9-10-18-32(29)40-35(28)30/h4-7,9-13,15-22H,3H2,1-2H3/b6-4-,24-12+. The van der Waals surface area contributed by atoms with E-state index in [-0.39, 0.29) is 0 Å². The maximum Gasteiger partial charge on any atom is 0.160 e. The van der Waals surface area contributed by atoms with Crippen LogP contribution in [0.25, 0.3) is 59.5 Å². The van der Waals surface area contributed by atoms with E-state index in [9.17, 15) is 5.26 Å². The SMILES string of the molecule is CC/C=C\C=C(/C)c1nc(-c2ccc(-c3cccc4c3sc3ccccc34)cc2)nc(-c2c#cccc2)c1C#N. The topological polar surface area (TPSA) is 49.6 Å². The molecule has 0 bridgehead atoms. The summed E-state index contributed by atoms with van der Waals surface area (Å²) in [5.74, 6) is 0.570. The van der Waals surface area contributed by atoms with Crippen molar-refractivity contribution in [3.05, 3.63) is 127 Å². The number of nitrogens with zero attached hydrogens (tertiary/aromatic N) is 3. The molecule has 0 unspecified atom stereocenters. The summed E-state index contributed by atoms with van der Waals surface area (Å²) in [6.07, 6.45) is 7.01. The third-order valence-electron chi connectivity index (χ3n) is 6.88. The van der Waals surface area contributed by atoms with Gasteiger partial charge in [0.25, 0.3) is 0 Å². The van der Waals surface area contributed by atoms with Crippen LogP contribution >= 0.6 is 11.3 Å². The van der Waals surface area contributed by atoms with Crippen LogP contribution in [0.2, 0.25) is 0 Å². The lowest BCUT2D eigenvalue weighted by atomic mass is 10.00. The molecule has 0 aliphatic heterocycles. The van der Waals surface area contributed by atoms with Crippen molar-refractivity contribution in [2.24, 2.45) is 0 Å². The zero-order chi connectivity index (χ0) is 27.5. The number of thiophene rings is 1. The van der Waals surface area contributed by atoms with Crippen LogP contribution in [0, 0.1) is 23.5 Å². The minimum Gasteiger partial charge on any atom is -0.227 e. The Kier molecular flexibility index (Phi) is 6.94. The summed E-state index contributed by atoms with van der Waals surface area (Å²) in [4.78, 5) is 9.78. The fraction of sp³-hybridized carbons (Fsp3) is 0.0833. The van der Waals surface area contributed by atoms with E-state index in [2.05, 4.69) is 97.9 Å². The Balaban J connectivity index is 1.47. The van der Waals surface area contributed by atoms with Gasteiger partial charge in [-0.05, 0) is 48.2 Å². The van der Waals surface area contributed by atoms with E-state index >= 15 is 0 Å². The number of hydrogen-bond acceptors (Lipinski definition) is 4. The summed E-state index contributed by atoms with van der Waals surface area (Å²) in [5, 5.41) is 12.7. The lowest BCUT2D eigenvalue weighted by molar-refractivity contribution is 1.13. The van der Waals surface area contributed by atoms with Gasteiger partial charge in [0, 0.05) is 25.7 Å². The molecule has 0 atom stereocenters. The van der Waals surface area contributed by atoms with Crippen LogP contribution in [0.5, 0.6) is 0 Å². The highest BCUT2D eigenvalue weighted by Crippen LogP contribution is 2.40.